The first-order valence-corrected chi connectivity index (χ1v) is 7.95. The van der Waals surface area contributed by atoms with Crippen LogP contribution in [0.1, 0.15) is 49.8 Å². The minimum atomic E-state index is -0.475. The molecular formula is C20H25NO2. The quantitative estimate of drug-likeness (QED) is 0.849. The summed E-state index contributed by atoms with van der Waals surface area (Å²) < 4.78 is 5.50. The molecule has 0 fully saturated rings. The molecule has 1 unspecified atom stereocenters. The van der Waals surface area contributed by atoms with Gasteiger partial charge in [-0.15, -0.1) is 0 Å². The fourth-order valence-corrected chi connectivity index (χ4v) is 2.60. The molecule has 2 aromatic carbocycles. The lowest BCUT2D eigenvalue weighted by Gasteiger charge is -2.23. The Kier molecular flexibility index (Phi) is 5.56. The van der Waals surface area contributed by atoms with Crippen molar-refractivity contribution in [2.45, 2.75) is 45.3 Å². The Morgan fingerprint density at radius 3 is 2.30 bits per heavy atom. The summed E-state index contributed by atoms with van der Waals surface area (Å²) >= 11 is 0. The van der Waals surface area contributed by atoms with Crippen LogP contribution in [0.2, 0.25) is 0 Å². The normalized spacial score (nSPS) is 12.7. The number of carbonyl (C=O) groups is 1. The number of carbonyl (C=O) groups excluding carboxylic acids is 1. The lowest BCUT2D eigenvalue weighted by Crippen LogP contribution is -2.25. The summed E-state index contributed by atoms with van der Waals surface area (Å²) in [6.07, 6.45) is 0.315. The van der Waals surface area contributed by atoms with Gasteiger partial charge in [-0.3, -0.25) is 4.79 Å². The van der Waals surface area contributed by atoms with Crippen LogP contribution >= 0.6 is 0 Å². The topological polar surface area (TPSA) is 52.3 Å². The smallest absolute Gasteiger partial charge is 0.307 e. The molecule has 23 heavy (non-hydrogen) atoms. The van der Waals surface area contributed by atoms with E-state index in [1.54, 1.807) is 0 Å². The van der Waals surface area contributed by atoms with Crippen molar-refractivity contribution in [2.24, 2.45) is 5.73 Å². The molecule has 0 spiro atoms. The van der Waals surface area contributed by atoms with Crippen LogP contribution in [0.4, 0.5) is 0 Å². The van der Waals surface area contributed by atoms with Gasteiger partial charge in [-0.05, 0) is 37.5 Å². The van der Waals surface area contributed by atoms with E-state index in [-0.39, 0.29) is 11.9 Å². The maximum Gasteiger partial charge on any atom is 0.307 e. The monoisotopic (exact) mass is 311 g/mol. The summed E-state index contributed by atoms with van der Waals surface area (Å²) in [4.78, 5) is 12.3. The third-order valence-corrected chi connectivity index (χ3v) is 3.58. The molecule has 0 aromatic heterocycles. The van der Waals surface area contributed by atoms with Crippen LogP contribution in [-0.4, -0.2) is 11.6 Å². The first kappa shape index (κ1) is 17.2. The van der Waals surface area contributed by atoms with Gasteiger partial charge in [-0.1, -0.05) is 54.6 Å². The van der Waals surface area contributed by atoms with Gasteiger partial charge in [0.1, 0.15) is 5.60 Å². The van der Waals surface area contributed by atoms with Crippen molar-refractivity contribution < 1.29 is 9.53 Å². The van der Waals surface area contributed by atoms with Crippen LogP contribution in [-0.2, 0) is 16.1 Å². The van der Waals surface area contributed by atoms with Gasteiger partial charge in [0.05, 0.1) is 6.42 Å². The number of ether oxygens (including phenoxy) is 1. The predicted molar refractivity (Wildman–Crippen MR) is 93.1 cm³/mol. The highest BCUT2D eigenvalue weighted by atomic mass is 16.6. The Bertz CT molecular complexity index is 644. The molecule has 3 nitrogen and oxygen atoms in total. The molecule has 0 aliphatic carbocycles. The maximum absolute atomic E-state index is 12.3. The summed E-state index contributed by atoms with van der Waals surface area (Å²) in [6.45, 7) is 6.15. The Morgan fingerprint density at radius 2 is 1.70 bits per heavy atom. The Balaban J connectivity index is 2.31. The SMILES string of the molecule is CC(C)(C)OC(=O)CC(c1ccccc1)c1cccc(CN)c1. The molecule has 122 valence electrons. The number of nitrogens with two attached hydrogens (primary N) is 1. The molecule has 2 N–H and O–H groups in total. The molecular weight excluding hydrogens is 286 g/mol. The van der Waals surface area contributed by atoms with Crippen LogP contribution in [0.3, 0.4) is 0 Å². The van der Waals surface area contributed by atoms with E-state index in [9.17, 15) is 4.79 Å². The minimum absolute atomic E-state index is 0.0300. The van der Waals surface area contributed by atoms with Crippen molar-refractivity contribution >= 4 is 5.97 Å². The zero-order valence-corrected chi connectivity index (χ0v) is 14.1. The van der Waals surface area contributed by atoms with Gasteiger partial charge >= 0.3 is 5.97 Å². The number of hydrogen-bond acceptors (Lipinski definition) is 3. The second kappa shape index (κ2) is 7.42. The first-order valence-electron chi connectivity index (χ1n) is 7.95. The maximum atomic E-state index is 12.3. The van der Waals surface area contributed by atoms with Crippen molar-refractivity contribution in [1.29, 1.82) is 0 Å². The average molecular weight is 311 g/mol. The van der Waals surface area contributed by atoms with Crippen LogP contribution in [0.5, 0.6) is 0 Å². The fourth-order valence-electron chi connectivity index (χ4n) is 2.60. The van der Waals surface area contributed by atoms with Crippen LogP contribution < -0.4 is 5.73 Å². The molecule has 0 saturated carbocycles. The summed E-state index contributed by atoms with van der Waals surface area (Å²) in [5, 5.41) is 0. The van der Waals surface area contributed by atoms with E-state index >= 15 is 0 Å². The minimum Gasteiger partial charge on any atom is -0.460 e. The van der Waals surface area contributed by atoms with Gasteiger partial charge in [0.2, 0.25) is 0 Å². The third kappa shape index (κ3) is 5.22. The highest BCUT2D eigenvalue weighted by Gasteiger charge is 2.23. The molecule has 0 radical (unpaired) electrons. The molecule has 2 aromatic rings. The summed E-state index contributed by atoms with van der Waals surface area (Å²) in [5.74, 6) is -0.220. The largest absolute Gasteiger partial charge is 0.460 e. The van der Waals surface area contributed by atoms with E-state index in [4.69, 9.17) is 10.5 Å². The Labute approximate surface area is 138 Å². The molecule has 0 aliphatic heterocycles. The number of benzene rings is 2. The van der Waals surface area contributed by atoms with E-state index in [0.29, 0.717) is 13.0 Å². The van der Waals surface area contributed by atoms with Crippen molar-refractivity contribution in [1.82, 2.24) is 0 Å². The first-order chi connectivity index (χ1) is 10.9. The summed E-state index contributed by atoms with van der Waals surface area (Å²) in [6, 6.07) is 18.2. The van der Waals surface area contributed by atoms with E-state index in [1.807, 2.05) is 69.3 Å². The van der Waals surface area contributed by atoms with Crippen LogP contribution in [0.15, 0.2) is 54.6 Å². The molecule has 1 atom stereocenters. The Morgan fingerprint density at radius 1 is 1.04 bits per heavy atom. The van der Waals surface area contributed by atoms with Crippen molar-refractivity contribution in [3.8, 4) is 0 Å². The molecule has 3 heteroatoms. The predicted octanol–water partition coefficient (Wildman–Crippen LogP) is 4.01. The van der Waals surface area contributed by atoms with Gasteiger partial charge in [-0.25, -0.2) is 0 Å². The highest BCUT2D eigenvalue weighted by Crippen LogP contribution is 2.29. The molecule has 2 rings (SSSR count). The van der Waals surface area contributed by atoms with Gasteiger partial charge < -0.3 is 10.5 Å². The number of esters is 1. The van der Waals surface area contributed by atoms with E-state index < -0.39 is 5.60 Å². The van der Waals surface area contributed by atoms with Crippen LogP contribution in [0.25, 0.3) is 0 Å². The zero-order valence-electron chi connectivity index (χ0n) is 14.1. The number of hydrogen-bond donors (Lipinski definition) is 1. The lowest BCUT2D eigenvalue weighted by atomic mass is 9.87. The van der Waals surface area contributed by atoms with Crippen molar-refractivity contribution in [3.05, 3.63) is 71.3 Å². The third-order valence-electron chi connectivity index (χ3n) is 3.58. The van der Waals surface area contributed by atoms with Crippen molar-refractivity contribution in [2.75, 3.05) is 0 Å². The second-order valence-electron chi connectivity index (χ2n) is 6.70. The molecule has 0 aliphatic rings. The molecule has 0 saturated heterocycles. The van der Waals surface area contributed by atoms with E-state index in [0.717, 1.165) is 16.7 Å². The highest BCUT2D eigenvalue weighted by molar-refractivity contribution is 5.72. The van der Waals surface area contributed by atoms with Gasteiger partial charge in [-0.2, -0.15) is 0 Å². The van der Waals surface area contributed by atoms with Gasteiger partial charge in [0.25, 0.3) is 0 Å². The Hall–Kier alpha value is -2.13. The van der Waals surface area contributed by atoms with Gasteiger partial charge in [0.15, 0.2) is 0 Å². The van der Waals surface area contributed by atoms with E-state index in [2.05, 4.69) is 6.07 Å². The summed E-state index contributed by atoms with van der Waals surface area (Å²) in [7, 11) is 0. The van der Waals surface area contributed by atoms with Crippen LogP contribution in [0, 0.1) is 0 Å². The molecule has 0 heterocycles. The van der Waals surface area contributed by atoms with Gasteiger partial charge in [0, 0.05) is 12.5 Å². The summed E-state index contributed by atoms with van der Waals surface area (Å²) in [5.41, 5.74) is 8.53. The second-order valence-corrected chi connectivity index (χ2v) is 6.70. The number of rotatable bonds is 5. The average Bonchev–Trinajstić information content (AvgIpc) is 2.52. The molecule has 0 amide bonds. The van der Waals surface area contributed by atoms with E-state index in [1.165, 1.54) is 0 Å². The zero-order chi connectivity index (χ0) is 16.9. The standard InChI is InChI=1S/C20H25NO2/c1-20(2,3)23-19(22)13-18(16-9-5-4-6-10-16)17-11-7-8-15(12-17)14-21/h4-12,18H,13-14,21H2,1-3H3. The lowest BCUT2D eigenvalue weighted by molar-refractivity contribution is -0.155. The fraction of sp³-hybridized carbons (Fsp3) is 0.350. The molecule has 0 bridgehead atoms. The van der Waals surface area contributed by atoms with Crippen molar-refractivity contribution in [3.63, 3.8) is 0 Å².